The maximum atomic E-state index is 13.4. The van der Waals surface area contributed by atoms with Crippen molar-refractivity contribution in [2.24, 2.45) is 0 Å². The van der Waals surface area contributed by atoms with Gasteiger partial charge in [-0.1, -0.05) is 56.1 Å². The summed E-state index contributed by atoms with van der Waals surface area (Å²) < 4.78 is 36.2. The third-order valence-corrected chi connectivity index (χ3v) is 8.11. The van der Waals surface area contributed by atoms with Gasteiger partial charge in [-0.3, -0.25) is 14.5 Å². The zero-order valence-corrected chi connectivity index (χ0v) is 25.1. The minimum atomic E-state index is -3.53. The fourth-order valence-electron chi connectivity index (χ4n) is 3.99. The van der Waals surface area contributed by atoms with Crippen molar-refractivity contribution in [3.05, 3.63) is 103 Å². The standard InChI is InChI=1S/C28H23Br2NO8S/c1-40(36,37)13-12-24(28(35)39-16-18-4-9-21(30)10-5-18)31-25(32)22-11-6-19(14-23(22)26(31)33)27(34)38-15-17-2-7-20(29)8-3-17/h2-11,14,24H,12-13,15-16H2,1H3/t24-/m0/s1. The van der Waals surface area contributed by atoms with Crippen LogP contribution in [0.2, 0.25) is 0 Å². The summed E-state index contributed by atoms with van der Waals surface area (Å²) in [6.45, 7) is -0.140. The summed E-state index contributed by atoms with van der Waals surface area (Å²) in [4.78, 5) is 53.1. The van der Waals surface area contributed by atoms with Crippen LogP contribution in [0.3, 0.4) is 0 Å². The highest BCUT2D eigenvalue weighted by Gasteiger charge is 2.44. The van der Waals surface area contributed by atoms with Gasteiger partial charge in [-0.25, -0.2) is 18.0 Å². The van der Waals surface area contributed by atoms with E-state index in [0.717, 1.165) is 20.8 Å². The topological polar surface area (TPSA) is 124 Å². The van der Waals surface area contributed by atoms with Gasteiger partial charge >= 0.3 is 11.9 Å². The number of amides is 2. The van der Waals surface area contributed by atoms with Gasteiger partial charge in [0.15, 0.2) is 0 Å². The van der Waals surface area contributed by atoms with Crippen LogP contribution in [0.4, 0.5) is 0 Å². The second kappa shape index (κ2) is 12.4. The number of carbonyl (C=O) groups is 4. The molecule has 0 radical (unpaired) electrons. The molecule has 1 atom stereocenters. The van der Waals surface area contributed by atoms with Gasteiger partial charge in [0, 0.05) is 15.2 Å². The number of benzene rings is 3. The third kappa shape index (κ3) is 7.23. The lowest BCUT2D eigenvalue weighted by Gasteiger charge is -2.24. The summed E-state index contributed by atoms with van der Waals surface area (Å²) in [7, 11) is -3.53. The van der Waals surface area contributed by atoms with Crippen molar-refractivity contribution in [2.75, 3.05) is 12.0 Å². The number of halogens is 2. The number of sulfone groups is 1. The van der Waals surface area contributed by atoms with E-state index in [1.807, 2.05) is 12.1 Å². The third-order valence-electron chi connectivity index (χ3n) is 6.08. The van der Waals surface area contributed by atoms with Gasteiger partial charge in [-0.05, 0) is 60.0 Å². The highest BCUT2D eigenvalue weighted by atomic mass is 79.9. The smallest absolute Gasteiger partial charge is 0.338 e. The van der Waals surface area contributed by atoms with Gasteiger partial charge in [0.1, 0.15) is 29.1 Å². The van der Waals surface area contributed by atoms with Crippen molar-refractivity contribution < 1.29 is 37.1 Å². The van der Waals surface area contributed by atoms with Crippen LogP contribution in [0.5, 0.6) is 0 Å². The van der Waals surface area contributed by atoms with Gasteiger partial charge < -0.3 is 9.47 Å². The molecular weight excluding hydrogens is 670 g/mol. The van der Waals surface area contributed by atoms with E-state index in [4.69, 9.17) is 9.47 Å². The Hall–Kier alpha value is -3.35. The number of nitrogens with zero attached hydrogens (tertiary/aromatic N) is 1. The Morgan fingerprint density at radius 1 is 0.800 bits per heavy atom. The first kappa shape index (κ1) is 29.6. The van der Waals surface area contributed by atoms with Crippen LogP contribution in [-0.4, -0.2) is 55.1 Å². The van der Waals surface area contributed by atoms with Gasteiger partial charge in [-0.15, -0.1) is 0 Å². The molecule has 0 saturated heterocycles. The average Bonchev–Trinajstić information content (AvgIpc) is 3.16. The number of fused-ring (bicyclic) bond motifs is 1. The van der Waals surface area contributed by atoms with Crippen molar-refractivity contribution in [3.63, 3.8) is 0 Å². The lowest BCUT2D eigenvalue weighted by atomic mass is 10.1. The molecule has 208 valence electrons. The summed E-state index contributed by atoms with van der Waals surface area (Å²) in [6.07, 6.45) is 0.650. The SMILES string of the molecule is CS(=O)(=O)CC[C@@H](C(=O)OCc1ccc(Br)cc1)N1C(=O)c2ccc(C(=O)OCc3ccc(Br)cc3)cc2C1=O. The van der Waals surface area contributed by atoms with Crippen LogP contribution >= 0.6 is 31.9 Å². The molecule has 1 aliphatic heterocycles. The zero-order valence-electron chi connectivity index (χ0n) is 21.1. The predicted octanol–water partition coefficient (Wildman–Crippen LogP) is 4.71. The molecule has 1 heterocycles. The van der Waals surface area contributed by atoms with Crippen molar-refractivity contribution in [1.82, 2.24) is 4.90 Å². The Kier molecular flexibility index (Phi) is 9.22. The lowest BCUT2D eigenvalue weighted by molar-refractivity contribution is -0.149. The molecule has 40 heavy (non-hydrogen) atoms. The first-order valence-electron chi connectivity index (χ1n) is 12.0. The maximum absolute atomic E-state index is 13.4. The van der Waals surface area contributed by atoms with Crippen LogP contribution < -0.4 is 0 Å². The Morgan fingerprint density at radius 3 is 1.88 bits per heavy atom. The molecule has 0 saturated carbocycles. The lowest BCUT2D eigenvalue weighted by Crippen LogP contribution is -2.46. The van der Waals surface area contributed by atoms with Crippen LogP contribution in [0.15, 0.2) is 75.7 Å². The molecule has 3 aromatic carbocycles. The van der Waals surface area contributed by atoms with Crippen LogP contribution in [0.25, 0.3) is 0 Å². The number of carbonyl (C=O) groups excluding carboxylic acids is 4. The normalized spacial score (nSPS) is 13.6. The van der Waals surface area contributed by atoms with Crippen LogP contribution in [0.1, 0.15) is 48.6 Å². The summed E-state index contributed by atoms with van der Waals surface area (Å²) in [6, 6.07) is 16.6. The first-order chi connectivity index (χ1) is 18.9. The van der Waals surface area contributed by atoms with Crippen molar-refractivity contribution in [2.45, 2.75) is 25.7 Å². The van der Waals surface area contributed by atoms with E-state index >= 15 is 0 Å². The first-order valence-corrected chi connectivity index (χ1v) is 15.6. The molecule has 2 amide bonds. The molecule has 4 rings (SSSR count). The Bertz CT molecular complexity index is 1570. The largest absolute Gasteiger partial charge is 0.459 e. The van der Waals surface area contributed by atoms with E-state index < -0.39 is 45.4 Å². The summed E-state index contributed by atoms with van der Waals surface area (Å²) in [5.41, 5.74) is 1.36. The molecule has 3 aromatic rings. The second-order valence-corrected chi connectivity index (χ2v) is 13.2. The number of imide groups is 1. The fourth-order valence-corrected chi connectivity index (χ4v) is 5.17. The van der Waals surface area contributed by atoms with Crippen LogP contribution in [-0.2, 0) is 37.3 Å². The fraction of sp³-hybridized carbons (Fsp3) is 0.214. The van der Waals surface area contributed by atoms with Gasteiger partial charge in [0.2, 0.25) is 0 Å². The van der Waals surface area contributed by atoms with E-state index in [0.29, 0.717) is 10.5 Å². The Balaban J connectivity index is 1.52. The number of hydrogen-bond acceptors (Lipinski definition) is 8. The highest BCUT2D eigenvalue weighted by molar-refractivity contribution is 9.10. The molecule has 9 nitrogen and oxygen atoms in total. The molecule has 0 fully saturated rings. The molecule has 1 aliphatic rings. The monoisotopic (exact) mass is 691 g/mol. The molecule has 0 aromatic heterocycles. The number of hydrogen-bond donors (Lipinski definition) is 0. The van der Waals surface area contributed by atoms with E-state index in [2.05, 4.69) is 31.9 Å². The number of ether oxygens (including phenoxy) is 2. The zero-order chi connectivity index (χ0) is 29.0. The van der Waals surface area contributed by atoms with Crippen LogP contribution in [0, 0.1) is 0 Å². The van der Waals surface area contributed by atoms with Gasteiger partial charge in [0.25, 0.3) is 11.8 Å². The summed E-state index contributed by atoms with van der Waals surface area (Å²) in [5.74, 6) is -3.69. The Labute approximate surface area is 247 Å². The molecular formula is C28H23Br2NO8S. The molecule has 0 N–H and O–H groups in total. The molecule has 0 unspecified atom stereocenters. The van der Waals surface area contributed by atoms with E-state index in [9.17, 15) is 27.6 Å². The highest BCUT2D eigenvalue weighted by Crippen LogP contribution is 2.28. The molecule has 0 aliphatic carbocycles. The van der Waals surface area contributed by atoms with Crippen molar-refractivity contribution >= 4 is 65.5 Å². The molecule has 12 heteroatoms. The second-order valence-electron chi connectivity index (χ2n) is 9.11. The van der Waals surface area contributed by atoms with Gasteiger partial charge in [0.05, 0.1) is 22.4 Å². The minimum absolute atomic E-state index is 0.0000264. The van der Waals surface area contributed by atoms with Gasteiger partial charge in [-0.2, -0.15) is 0 Å². The van der Waals surface area contributed by atoms with E-state index in [1.165, 1.54) is 18.2 Å². The summed E-state index contributed by atoms with van der Waals surface area (Å²) in [5, 5.41) is 0. The number of rotatable bonds is 10. The predicted molar refractivity (Wildman–Crippen MR) is 152 cm³/mol. The maximum Gasteiger partial charge on any atom is 0.338 e. The van der Waals surface area contributed by atoms with E-state index in [1.54, 1.807) is 36.4 Å². The minimum Gasteiger partial charge on any atom is -0.459 e. The number of esters is 2. The molecule has 0 bridgehead atoms. The van der Waals surface area contributed by atoms with Crippen molar-refractivity contribution in [1.29, 1.82) is 0 Å². The van der Waals surface area contributed by atoms with Crippen molar-refractivity contribution in [3.8, 4) is 0 Å². The Morgan fingerprint density at radius 2 is 1.32 bits per heavy atom. The quantitative estimate of drug-likeness (QED) is 0.221. The summed E-state index contributed by atoms with van der Waals surface area (Å²) >= 11 is 6.65. The average molecular weight is 693 g/mol. The molecule has 0 spiro atoms. The van der Waals surface area contributed by atoms with E-state index in [-0.39, 0.29) is 36.3 Å².